The van der Waals surface area contributed by atoms with E-state index in [1.165, 1.54) is 25.7 Å². The normalized spacial score (nSPS) is 25.7. The average Bonchev–Trinajstić information content (AvgIpc) is 2.16. The molecule has 1 unspecified atom stereocenters. The Hall–Kier alpha value is -0.0800. The summed E-state index contributed by atoms with van der Waals surface area (Å²) in [5.74, 6) is 0.818. The standard InChI is InChI=1S/C14H28O2/c1-13(2)8-5-6-12(10-13)7-9-16-14(3,4)11-15/h12,15H,5-11H2,1-4H3. The lowest BCUT2D eigenvalue weighted by atomic mass is 9.71. The van der Waals surface area contributed by atoms with Crippen LogP contribution in [0.15, 0.2) is 0 Å². The van der Waals surface area contributed by atoms with E-state index in [1.807, 2.05) is 13.8 Å². The van der Waals surface area contributed by atoms with E-state index in [1.54, 1.807) is 0 Å². The van der Waals surface area contributed by atoms with Gasteiger partial charge in [-0.2, -0.15) is 0 Å². The van der Waals surface area contributed by atoms with Crippen LogP contribution in [0.5, 0.6) is 0 Å². The van der Waals surface area contributed by atoms with Crippen LogP contribution in [-0.2, 0) is 4.74 Å². The van der Waals surface area contributed by atoms with Crippen molar-refractivity contribution >= 4 is 0 Å². The predicted molar refractivity (Wildman–Crippen MR) is 67.5 cm³/mol. The predicted octanol–water partition coefficient (Wildman–Crippen LogP) is 3.38. The van der Waals surface area contributed by atoms with Crippen molar-refractivity contribution in [1.82, 2.24) is 0 Å². The molecule has 1 aliphatic carbocycles. The smallest absolute Gasteiger partial charge is 0.0856 e. The second kappa shape index (κ2) is 5.50. The van der Waals surface area contributed by atoms with Crippen LogP contribution >= 0.6 is 0 Å². The molecule has 1 saturated carbocycles. The topological polar surface area (TPSA) is 29.5 Å². The Morgan fingerprint density at radius 1 is 1.38 bits per heavy atom. The third kappa shape index (κ3) is 4.84. The van der Waals surface area contributed by atoms with Crippen LogP contribution in [0.4, 0.5) is 0 Å². The lowest BCUT2D eigenvalue weighted by Crippen LogP contribution is -2.30. The Morgan fingerprint density at radius 2 is 2.06 bits per heavy atom. The van der Waals surface area contributed by atoms with Gasteiger partial charge in [0.2, 0.25) is 0 Å². The summed E-state index contributed by atoms with van der Waals surface area (Å²) in [6, 6.07) is 0. The third-order valence-electron chi connectivity index (χ3n) is 3.71. The van der Waals surface area contributed by atoms with Crippen LogP contribution in [0.25, 0.3) is 0 Å². The molecule has 1 aliphatic rings. The van der Waals surface area contributed by atoms with Crippen molar-refractivity contribution in [2.24, 2.45) is 11.3 Å². The molecule has 0 aliphatic heterocycles. The molecule has 0 heterocycles. The highest BCUT2D eigenvalue weighted by Gasteiger charge is 2.28. The maximum absolute atomic E-state index is 9.09. The number of rotatable bonds is 5. The van der Waals surface area contributed by atoms with Gasteiger partial charge in [0.15, 0.2) is 0 Å². The quantitative estimate of drug-likeness (QED) is 0.781. The van der Waals surface area contributed by atoms with Gasteiger partial charge < -0.3 is 9.84 Å². The molecule has 0 amide bonds. The Morgan fingerprint density at radius 3 is 2.62 bits per heavy atom. The van der Waals surface area contributed by atoms with Crippen molar-refractivity contribution < 1.29 is 9.84 Å². The Bertz CT molecular complexity index is 209. The molecular weight excluding hydrogens is 200 g/mol. The summed E-state index contributed by atoms with van der Waals surface area (Å²) in [5, 5.41) is 9.09. The number of ether oxygens (including phenoxy) is 1. The molecule has 0 aromatic heterocycles. The molecular formula is C14H28O2. The zero-order valence-electron chi connectivity index (χ0n) is 11.4. The van der Waals surface area contributed by atoms with Crippen molar-refractivity contribution in [2.75, 3.05) is 13.2 Å². The average molecular weight is 228 g/mol. The van der Waals surface area contributed by atoms with E-state index in [2.05, 4.69) is 13.8 Å². The summed E-state index contributed by atoms with van der Waals surface area (Å²) in [7, 11) is 0. The molecule has 0 radical (unpaired) electrons. The van der Waals surface area contributed by atoms with Gasteiger partial charge >= 0.3 is 0 Å². The second-order valence-corrected chi connectivity index (χ2v) is 6.68. The molecule has 1 N–H and O–H groups in total. The van der Waals surface area contributed by atoms with Crippen LogP contribution in [0.2, 0.25) is 0 Å². The lowest BCUT2D eigenvalue weighted by Gasteiger charge is -2.35. The van der Waals surface area contributed by atoms with Gasteiger partial charge in [0.25, 0.3) is 0 Å². The van der Waals surface area contributed by atoms with Gasteiger partial charge in [-0.25, -0.2) is 0 Å². The van der Waals surface area contributed by atoms with E-state index in [0.717, 1.165) is 18.9 Å². The van der Waals surface area contributed by atoms with Crippen LogP contribution in [0.1, 0.15) is 59.8 Å². The fraction of sp³-hybridized carbons (Fsp3) is 1.00. The van der Waals surface area contributed by atoms with Gasteiger partial charge in [0.1, 0.15) is 0 Å². The fourth-order valence-corrected chi connectivity index (χ4v) is 2.65. The maximum atomic E-state index is 9.09. The highest BCUT2D eigenvalue weighted by Crippen LogP contribution is 2.39. The lowest BCUT2D eigenvalue weighted by molar-refractivity contribution is -0.0600. The molecule has 1 fully saturated rings. The Labute approximate surface area is 100 Å². The first-order valence-electron chi connectivity index (χ1n) is 6.59. The number of hydrogen-bond acceptors (Lipinski definition) is 2. The van der Waals surface area contributed by atoms with E-state index in [-0.39, 0.29) is 12.2 Å². The molecule has 0 bridgehead atoms. The van der Waals surface area contributed by atoms with Gasteiger partial charge in [0.05, 0.1) is 12.2 Å². The van der Waals surface area contributed by atoms with Crippen molar-refractivity contribution in [3.8, 4) is 0 Å². The number of aliphatic hydroxyl groups excluding tert-OH is 1. The molecule has 2 nitrogen and oxygen atoms in total. The summed E-state index contributed by atoms with van der Waals surface area (Å²) in [6.45, 7) is 9.52. The Balaban J connectivity index is 2.23. The molecule has 1 rings (SSSR count). The van der Waals surface area contributed by atoms with Crippen molar-refractivity contribution in [2.45, 2.75) is 65.4 Å². The summed E-state index contributed by atoms with van der Waals surface area (Å²) >= 11 is 0. The molecule has 1 atom stereocenters. The minimum absolute atomic E-state index is 0.100. The minimum Gasteiger partial charge on any atom is -0.393 e. The van der Waals surface area contributed by atoms with Crippen molar-refractivity contribution in [1.29, 1.82) is 0 Å². The first kappa shape index (κ1) is 14.0. The maximum Gasteiger partial charge on any atom is 0.0856 e. The first-order chi connectivity index (χ1) is 7.35. The van der Waals surface area contributed by atoms with Gasteiger partial charge in [-0.3, -0.25) is 0 Å². The summed E-state index contributed by atoms with van der Waals surface area (Å²) < 4.78 is 5.70. The molecule has 16 heavy (non-hydrogen) atoms. The highest BCUT2D eigenvalue weighted by atomic mass is 16.5. The Kier molecular flexibility index (Phi) is 4.81. The van der Waals surface area contributed by atoms with E-state index in [9.17, 15) is 0 Å². The molecule has 96 valence electrons. The van der Waals surface area contributed by atoms with Crippen LogP contribution in [-0.4, -0.2) is 23.9 Å². The summed E-state index contributed by atoms with van der Waals surface area (Å²) in [4.78, 5) is 0. The zero-order chi connectivity index (χ0) is 12.2. The molecule has 0 spiro atoms. The van der Waals surface area contributed by atoms with E-state index < -0.39 is 0 Å². The van der Waals surface area contributed by atoms with Gasteiger partial charge in [-0.05, 0) is 44.4 Å². The molecule has 0 aromatic carbocycles. The van der Waals surface area contributed by atoms with E-state index >= 15 is 0 Å². The zero-order valence-corrected chi connectivity index (χ0v) is 11.4. The van der Waals surface area contributed by atoms with Gasteiger partial charge in [-0.15, -0.1) is 0 Å². The molecule has 0 saturated heterocycles. The largest absolute Gasteiger partial charge is 0.393 e. The van der Waals surface area contributed by atoms with Crippen LogP contribution in [0.3, 0.4) is 0 Å². The number of aliphatic hydroxyl groups is 1. The first-order valence-corrected chi connectivity index (χ1v) is 6.59. The summed E-state index contributed by atoms with van der Waals surface area (Å²) in [5.41, 5.74) is 0.152. The molecule has 0 aromatic rings. The minimum atomic E-state index is -0.371. The highest BCUT2D eigenvalue weighted by molar-refractivity contribution is 4.79. The number of hydrogen-bond donors (Lipinski definition) is 1. The van der Waals surface area contributed by atoms with E-state index in [0.29, 0.717) is 5.41 Å². The fourth-order valence-electron chi connectivity index (χ4n) is 2.65. The monoisotopic (exact) mass is 228 g/mol. The SMILES string of the molecule is CC1(C)CCCC(CCOC(C)(C)CO)C1. The van der Waals surface area contributed by atoms with Crippen molar-refractivity contribution in [3.05, 3.63) is 0 Å². The third-order valence-corrected chi connectivity index (χ3v) is 3.71. The van der Waals surface area contributed by atoms with Crippen LogP contribution in [0, 0.1) is 11.3 Å². The van der Waals surface area contributed by atoms with Crippen LogP contribution < -0.4 is 0 Å². The molecule has 2 heteroatoms. The van der Waals surface area contributed by atoms with Gasteiger partial charge in [0, 0.05) is 6.61 Å². The van der Waals surface area contributed by atoms with Crippen molar-refractivity contribution in [3.63, 3.8) is 0 Å². The van der Waals surface area contributed by atoms with E-state index in [4.69, 9.17) is 9.84 Å². The van der Waals surface area contributed by atoms with Gasteiger partial charge in [-0.1, -0.05) is 26.7 Å². The second-order valence-electron chi connectivity index (χ2n) is 6.68. The summed E-state index contributed by atoms with van der Waals surface area (Å²) in [6.07, 6.45) is 6.56.